The number of hydrogen-bond acceptors (Lipinski definition) is 5. The molecule has 0 radical (unpaired) electrons. The van der Waals surface area contributed by atoms with Gasteiger partial charge in [-0.3, -0.25) is 14.5 Å². The monoisotopic (exact) mass is 448 g/mol. The third-order valence-corrected chi connectivity index (χ3v) is 6.27. The van der Waals surface area contributed by atoms with E-state index in [2.05, 4.69) is 5.32 Å². The number of anilines is 1. The molecule has 3 aromatic carbocycles. The maximum atomic E-state index is 12.8. The van der Waals surface area contributed by atoms with Gasteiger partial charge in [-0.1, -0.05) is 72.5 Å². The van der Waals surface area contributed by atoms with Crippen LogP contribution in [0.25, 0.3) is 16.8 Å². The van der Waals surface area contributed by atoms with Crippen LogP contribution in [0.4, 0.5) is 5.69 Å². The first-order valence-electron chi connectivity index (χ1n) is 9.72. The molecule has 0 aromatic heterocycles. The molecule has 3 aromatic rings. The Balaban J connectivity index is 1.39. The highest BCUT2D eigenvalue weighted by atomic mass is 32.2. The number of rotatable bonds is 6. The van der Waals surface area contributed by atoms with E-state index in [0.717, 1.165) is 22.0 Å². The molecule has 156 valence electrons. The van der Waals surface area contributed by atoms with E-state index >= 15 is 0 Å². The maximum absolute atomic E-state index is 12.8. The number of carbonyl (C=O) groups excluding carboxylic acids is 2. The molecule has 1 N–H and O–H groups in total. The minimum absolute atomic E-state index is 0.154. The molecule has 1 heterocycles. The standard InChI is InChI=1S/C24H20N2O3S2/c1-29-20-9-5-4-8-18(20)15-21-23(28)26(24(30)31-21)13-12-22(27)25-19-11-10-16-6-2-3-7-17(16)14-19/h2-11,14-15H,12-13H2,1H3,(H,25,27)/b21-15-. The van der Waals surface area contributed by atoms with Crippen LogP contribution in [0.3, 0.4) is 0 Å². The van der Waals surface area contributed by atoms with Crippen molar-refractivity contribution in [1.82, 2.24) is 4.90 Å². The number of nitrogens with zero attached hydrogens (tertiary/aromatic N) is 1. The first kappa shape index (κ1) is 21.1. The van der Waals surface area contributed by atoms with Gasteiger partial charge in [0.25, 0.3) is 5.91 Å². The third kappa shape index (κ3) is 4.78. The van der Waals surface area contributed by atoms with Crippen LogP contribution >= 0.6 is 24.0 Å². The smallest absolute Gasteiger partial charge is 0.266 e. The average molecular weight is 449 g/mol. The van der Waals surface area contributed by atoms with Crippen molar-refractivity contribution in [3.05, 3.63) is 77.2 Å². The molecule has 1 fully saturated rings. The van der Waals surface area contributed by atoms with Crippen molar-refractivity contribution in [3.63, 3.8) is 0 Å². The molecule has 7 heteroatoms. The minimum atomic E-state index is -0.195. The van der Waals surface area contributed by atoms with Gasteiger partial charge in [0.05, 0.1) is 12.0 Å². The van der Waals surface area contributed by atoms with Gasteiger partial charge in [-0.2, -0.15) is 0 Å². The van der Waals surface area contributed by atoms with E-state index in [1.807, 2.05) is 66.7 Å². The summed E-state index contributed by atoms with van der Waals surface area (Å²) in [6, 6.07) is 21.2. The van der Waals surface area contributed by atoms with E-state index in [9.17, 15) is 9.59 Å². The predicted molar refractivity (Wildman–Crippen MR) is 130 cm³/mol. The number of para-hydroxylation sites is 1. The van der Waals surface area contributed by atoms with Gasteiger partial charge in [0.1, 0.15) is 10.1 Å². The molecule has 2 amide bonds. The van der Waals surface area contributed by atoms with Gasteiger partial charge >= 0.3 is 0 Å². The fraction of sp³-hybridized carbons (Fsp3) is 0.125. The second-order valence-corrected chi connectivity index (χ2v) is 8.61. The van der Waals surface area contributed by atoms with Crippen molar-refractivity contribution in [3.8, 4) is 5.75 Å². The van der Waals surface area contributed by atoms with Crippen LogP contribution in [0.1, 0.15) is 12.0 Å². The number of fused-ring (bicyclic) bond motifs is 1. The van der Waals surface area contributed by atoms with Crippen molar-refractivity contribution in [2.45, 2.75) is 6.42 Å². The number of ether oxygens (including phenoxy) is 1. The molecule has 0 aliphatic carbocycles. The molecule has 1 aliphatic rings. The van der Waals surface area contributed by atoms with E-state index in [1.54, 1.807) is 13.2 Å². The molecule has 0 saturated carbocycles. The van der Waals surface area contributed by atoms with Crippen molar-refractivity contribution >= 4 is 62.7 Å². The number of nitrogens with one attached hydrogen (secondary N) is 1. The number of benzene rings is 3. The zero-order chi connectivity index (χ0) is 21.8. The maximum Gasteiger partial charge on any atom is 0.266 e. The van der Waals surface area contributed by atoms with Gasteiger partial charge < -0.3 is 10.1 Å². The number of hydrogen-bond donors (Lipinski definition) is 1. The minimum Gasteiger partial charge on any atom is -0.496 e. The van der Waals surface area contributed by atoms with Crippen LogP contribution in [-0.2, 0) is 9.59 Å². The Morgan fingerprint density at radius 1 is 1.10 bits per heavy atom. The summed E-state index contributed by atoms with van der Waals surface area (Å²) >= 11 is 6.61. The number of thiocarbonyl (C=S) groups is 1. The molecule has 0 bridgehead atoms. The second kappa shape index (κ2) is 9.32. The predicted octanol–water partition coefficient (Wildman–Crippen LogP) is 5.08. The SMILES string of the molecule is COc1ccccc1/C=C1\SC(=S)N(CCC(=O)Nc2ccc3ccccc3c2)C1=O. The largest absolute Gasteiger partial charge is 0.496 e. The lowest BCUT2D eigenvalue weighted by molar-refractivity contribution is -0.122. The van der Waals surface area contributed by atoms with Crippen molar-refractivity contribution < 1.29 is 14.3 Å². The first-order valence-corrected chi connectivity index (χ1v) is 10.9. The number of carbonyl (C=O) groups is 2. The summed E-state index contributed by atoms with van der Waals surface area (Å²) in [6.07, 6.45) is 1.93. The third-order valence-electron chi connectivity index (χ3n) is 4.89. The lowest BCUT2D eigenvalue weighted by atomic mass is 10.1. The normalized spacial score (nSPS) is 15.0. The lowest BCUT2D eigenvalue weighted by Crippen LogP contribution is -2.31. The van der Waals surface area contributed by atoms with Gasteiger partial charge in [-0.15, -0.1) is 0 Å². The zero-order valence-corrected chi connectivity index (χ0v) is 18.5. The highest BCUT2D eigenvalue weighted by Gasteiger charge is 2.32. The lowest BCUT2D eigenvalue weighted by Gasteiger charge is -2.14. The fourth-order valence-corrected chi connectivity index (χ4v) is 4.62. The Labute approximate surface area is 190 Å². The van der Waals surface area contributed by atoms with E-state index in [0.29, 0.717) is 15.0 Å². The molecule has 1 saturated heterocycles. The van der Waals surface area contributed by atoms with Crippen LogP contribution in [-0.4, -0.2) is 34.7 Å². The van der Waals surface area contributed by atoms with Crippen LogP contribution in [0.15, 0.2) is 71.6 Å². The summed E-state index contributed by atoms with van der Waals surface area (Å²) < 4.78 is 5.79. The van der Waals surface area contributed by atoms with Gasteiger partial charge in [-0.05, 0) is 35.0 Å². The summed E-state index contributed by atoms with van der Waals surface area (Å²) in [4.78, 5) is 27.2. The van der Waals surface area contributed by atoms with E-state index in [1.165, 1.54) is 16.7 Å². The van der Waals surface area contributed by atoms with Crippen molar-refractivity contribution in [2.24, 2.45) is 0 Å². The van der Waals surface area contributed by atoms with Gasteiger partial charge in [0.15, 0.2) is 0 Å². The average Bonchev–Trinajstić information content (AvgIpc) is 3.05. The molecule has 1 aliphatic heterocycles. The fourth-order valence-electron chi connectivity index (χ4n) is 3.32. The highest BCUT2D eigenvalue weighted by molar-refractivity contribution is 8.26. The molecule has 31 heavy (non-hydrogen) atoms. The summed E-state index contributed by atoms with van der Waals surface area (Å²) in [5.74, 6) is 0.319. The highest BCUT2D eigenvalue weighted by Crippen LogP contribution is 2.34. The first-order chi connectivity index (χ1) is 15.0. The molecule has 0 unspecified atom stereocenters. The van der Waals surface area contributed by atoms with Crippen molar-refractivity contribution in [1.29, 1.82) is 0 Å². The van der Waals surface area contributed by atoms with Gasteiger partial charge in [0.2, 0.25) is 5.91 Å². The Morgan fingerprint density at radius 2 is 1.84 bits per heavy atom. The molecular formula is C24H20N2O3S2. The van der Waals surface area contributed by atoms with Crippen LogP contribution in [0, 0.1) is 0 Å². The van der Waals surface area contributed by atoms with E-state index in [-0.39, 0.29) is 24.8 Å². The summed E-state index contributed by atoms with van der Waals surface area (Å²) in [5.41, 5.74) is 1.53. The molecular weight excluding hydrogens is 428 g/mol. The topological polar surface area (TPSA) is 58.6 Å². The zero-order valence-electron chi connectivity index (χ0n) is 16.8. The van der Waals surface area contributed by atoms with E-state index < -0.39 is 0 Å². The van der Waals surface area contributed by atoms with Crippen LogP contribution in [0.2, 0.25) is 0 Å². The summed E-state index contributed by atoms with van der Waals surface area (Å²) in [6.45, 7) is 0.230. The van der Waals surface area contributed by atoms with Gasteiger partial charge in [0, 0.05) is 24.2 Å². The van der Waals surface area contributed by atoms with Crippen LogP contribution < -0.4 is 10.1 Å². The Kier molecular flexibility index (Phi) is 6.34. The van der Waals surface area contributed by atoms with Crippen LogP contribution in [0.5, 0.6) is 5.75 Å². The molecule has 4 rings (SSSR count). The number of amides is 2. The van der Waals surface area contributed by atoms with E-state index in [4.69, 9.17) is 17.0 Å². The molecule has 5 nitrogen and oxygen atoms in total. The Hall–Kier alpha value is -3.16. The second-order valence-electron chi connectivity index (χ2n) is 6.94. The van der Waals surface area contributed by atoms with Gasteiger partial charge in [-0.25, -0.2) is 0 Å². The summed E-state index contributed by atoms with van der Waals surface area (Å²) in [7, 11) is 1.59. The number of methoxy groups -OCH3 is 1. The molecule has 0 spiro atoms. The molecule has 0 atom stereocenters. The quantitative estimate of drug-likeness (QED) is 0.421. The Morgan fingerprint density at radius 3 is 2.65 bits per heavy atom. The van der Waals surface area contributed by atoms with Crippen molar-refractivity contribution in [2.75, 3.05) is 19.0 Å². The number of thioether (sulfide) groups is 1. The Bertz CT molecular complexity index is 1210. The summed E-state index contributed by atoms with van der Waals surface area (Å²) in [5, 5.41) is 5.06.